The Bertz CT molecular complexity index is 1900. The summed E-state index contributed by atoms with van der Waals surface area (Å²) in [4.78, 5) is 34.4. The van der Waals surface area contributed by atoms with Crippen molar-refractivity contribution in [1.29, 1.82) is 0 Å². The van der Waals surface area contributed by atoms with Crippen LogP contribution in [0.2, 0.25) is 0 Å². The number of aryl methyl sites for hydroxylation is 1. The van der Waals surface area contributed by atoms with E-state index in [1.165, 1.54) is 43.1 Å². The monoisotopic (exact) mass is 654 g/mol. The number of hydrogen-bond donors (Lipinski definition) is 1. The molecule has 12 nitrogen and oxygen atoms in total. The topological polar surface area (TPSA) is 148 Å². The zero-order valence-corrected chi connectivity index (χ0v) is 27.2. The van der Waals surface area contributed by atoms with E-state index in [-0.39, 0.29) is 12.4 Å². The van der Waals surface area contributed by atoms with Crippen LogP contribution >= 0.6 is 18.7 Å². The van der Waals surface area contributed by atoms with Gasteiger partial charge in [0.15, 0.2) is 24.8 Å². The lowest BCUT2D eigenvalue weighted by atomic mass is 10.1. The molecule has 0 aliphatic rings. The maximum atomic E-state index is 15.1. The van der Waals surface area contributed by atoms with Gasteiger partial charge >= 0.3 is 6.09 Å². The summed E-state index contributed by atoms with van der Waals surface area (Å²) in [6.45, 7) is 10.6. The van der Waals surface area contributed by atoms with Crippen molar-refractivity contribution >= 4 is 51.7 Å². The summed E-state index contributed by atoms with van der Waals surface area (Å²) in [6, 6.07) is 6.81. The minimum atomic E-state index is -2.67. The predicted octanol–water partition coefficient (Wildman–Crippen LogP) is 7.00. The number of hydrogen-bond acceptors (Lipinski definition) is 12. The lowest BCUT2D eigenvalue weighted by Gasteiger charge is -2.22. The number of carbonyl (C=O) groups is 1. The number of ether oxygens (including phenoxy) is 3. The van der Waals surface area contributed by atoms with Crippen LogP contribution in [-0.4, -0.2) is 63.2 Å². The highest BCUT2D eigenvalue weighted by molar-refractivity contribution is 7.57. The molecule has 1 amide bonds. The Balaban J connectivity index is 1.26. The summed E-state index contributed by atoms with van der Waals surface area (Å²) in [6.07, 6.45) is 2.14. The van der Waals surface area contributed by atoms with Gasteiger partial charge in [-0.25, -0.2) is 34.1 Å². The van der Waals surface area contributed by atoms with Gasteiger partial charge in [-0.2, -0.15) is 0 Å². The van der Waals surface area contributed by atoms with E-state index in [1.807, 2.05) is 26.0 Å². The predicted molar refractivity (Wildman–Crippen MR) is 170 cm³/mol. The van der Waals surface area contributed by atoms with Crippen LogP contribution in [0.5, 0.6) is 11.6 Å². The molecule has 3 aromatic heterocycles. The van der Waals surface area contributed by atoms with Gasteiger partial charge in [-0.1, -0.05) is 0 Å². The van der Waals surface area contributed by atoms with Gasteiger partial charge in [-0.05, 0) is 45.4 Å². The third-order valence-electron chi connectivity index (χ3n) is 6.46. The minimum absolute atomic E-state index is 0.00576. The van der Waals surface area contributed by atoms with Crippen LogP contribution < -0.4 is 14.8 Å². The number of rotatable bonds is 11. The molecule has 0 bridgehead atoms. The molecule has 0 spiro atoms. The average molecular weight is 655 g/mol. The van der Waals surface area contributed by atoms with Crippen LogP contribution in [0, 0.1) is 12.7 Å². The molecule has 2 atom stereocenters. The van der Waals surface area contributed by atoms with E-state index < -0.39 is 31.5 Å². The summed E-state index contributed by atoms with van der Waals surface area (Å²) in [7, 11) is -2.67. The van der Waals surface area contributed by atoms with Gasteiger partial charge in [0.1, 0.15) is 23.8 Å². The van der Waals surface area contributed by atoms with Gasteiger partial charge < -0.3 is 18.7 Å². The number of halogens is 1. The van der Waals surface area contributed by atoms with E-state index in [4.69, 9.17) is 18.7 Å². The molecule has 236 valence electrons. The Morgan fingerprint density at radius 1 is 1.02 bits per heavy atom. The highest BCUT2D eigenvalue weighted by Gasteiger charge is 2.22. The number of benzene rings is 2. The van der Waals surface area contributed by atoms with Crippen molar-refractivity contribution in [2.45, 2.75) is 46.5 Å². The van der Waals surface area contributed by atoms with Gasteiger partial charge in [0.05, 0.1) is 52.1 Å². The largest absolute Gasteiger partial charge is 0.484 e. The van der Waals surface area contributed by atoms with Crippen molar-refractivity contribution in [2.24, 2.45) is 0 Å². The molecule has 0 fully saturated rings. The normalized spacial score (nSPS) is 13.0. The van der Waals surface area contributed by atoms with Gasteiger partial charge in [0.25, 0.3) is 0 Å². The summed E-state index contributed by atoms with van der Waals surface area (Å²) in [5.74, 6) is 0.168. The SMILES string of the molecule is CCOc1cnc2c(-c3nc4cc(F)c(O[C@@H](C)[C@@H](C)OC(=O)Nc5cnc(COP(C)(C)=O)nc5)cc4s3)cc(C)cc2n1. The van der Waals surface area contributed by atoms with E-state index in [2.05, 4.69) is 30.2 Å². The van der Waals surface area contributed by atoms with Gasteiger partial charge in [-0.3, -0.25) is 9.88 Å². The molecule has 0 saturated heterocycles. The third-order valence-corrected chi connectivity index (χ3v) is 8.26. The number of nitrogens with zero attached hydrogens (tertiary/aromatic N) is 5. The van der Waals surface area contributed by atoms with Crippen LogP contribution in [0.3, 0.4) is 0 Å². The zero-order valence-electron chi connectivity index (χ0n) is 25.5. The van der Waals surface area contributed by atoms with Crippen LogP contribution in [0.15, 0.2) is 42.9 Å². The first-order chi connectivity index (χ1) is 21.4. The fraction of sp³-hybridized carbons (Fsp3) is 0.333. The summed E-state index contributed by atoms with van der Waals surface area (Å²) < 4.78 is 49.6. The smallest absolute Gasteiger partial charge is 0.412 e. The molecule has 0 saturated carbocycles. The van der Waals surface area contributed by atoms with Gasteiger partial charge in [0, 0.05) is 31.0 Å². The molecular formula is C30H32FN6O6PS. The molecule has 5 aromatic rings. The number of amides is 1. The van der Waals surface area contributed by atoms with Gasteiger partial charge in [-0.15, -0.1) is 11.3 Å². The summed E-state index contributed by atoms with van der Waals surface area (Å²) in [5, 5.41) is 3.20. The Labute approximate surface area is 262 Å². The van der Waals surface area contributed by atoms with E-state index >= 15 is 4.39 Å². The molecule has 0 radical (unpaired) electrons. The van der Waals surface area contributed by atoms with Crippen LogP contribution in [0.1, 0.15) is 32.2 Å². The maximum absolute atomic E-state index is 15.1. The molecule has 45 heavy (non-hydrogen) atoms. The van der Waals surface area contributed by atoms with Crippen molar-refractivity contribution in [1.82, 2.24) is 24.9 Å². The van der Waals surface area contributed by atoms with E-state index in [0.717, 1.165) is 11.1 Å². The lowest BCUT2D eigenvalue weighted by molar-refractivity contribution is 0.0402. The molecule has 2 aromatic carbocycles. The maximum Gasteiger partial charge on any atom is 0.412 e. The lowest BCUT2D eigenvalue weighted by Crippen LogP contribution is -2.32. The molecular weight excluding hydrogens is 622 g/mol. The highest BCUT2D eigenvalue weighted by Crippen LogP contribution is 2.38. The first-order valence-electron chi connectivity index (χ1n) is 14.0. The Hall–Kier alpha value is -4.26. The molecule has 5 rings (SSSR count). The molecule has 0 aliphatic heterocycles. The second-order valence-electron chi connectivity index (χ2n) is 10.6. The first kappa shape index (κ1) is 32.1. The molecule has 0 aliphatic carbocycles. The quantitative estimate of drug-likeness (QED) is 0.147. The van der Waals surface area contributed by atoms with Crippen LogP contribution in [-0.2, 0) is 20.4 Å². The van der Waals surface area contributed by atoms with Gasteiger partial charge in [0.2, 0.25) is 5.88 Å². The van der Waals surface area contributed by atoms with Crippen molar-refractivity contribution < 1.29 is 32.5 Å². The number of aromatic nitrogens is 5. The zero-order chi connectivity index (χ0) is 32.3. The fourth-order valence-electron chi connectivity index (χ4n) is 4.18. The number of thiazole rings is 1. The van der Waals surface area contributed by atoms with E-state index in [0.29, 0.717) is 50.3 Å². The van der Waals surface area contributed by atoms with Crippen molar-refractivity contribution in [3.05, 3.63) is 60.1 Å². The Morgan fingerprint density at radius 2 is 1.78 bits per heavy atom. The Morgan fingerprint density at radius 3 is 2.49 bits per heavy atom. The van der Waals surface area contributed by atoms with E-state index in [1.54, 1.807) is 26.1 Å². The van der Waals surface area contributed by atoms with E-state index in [9.17, 15) is 9.36 Å². The number of anilines is 1. The van der Waals surface area contributed by atoms with Crippen LogP contribution in [0.25, 0.3) is 31.8 Å². The summed E-state index contributed by atoms with van der Waals surface area (Å²) >= 11 is 1.38. The van der Waals surface area contributed by atoms with Crippen molar-refractivity contribution in [3.8, 4) is 22.2 Å². The first-order valence-corrected chi connectivity index (χ1v) is 17.4. The molecule has 3 heterocycles. The molecule has 1 N–H and O–H groups in total. The molecule has 15 heteroatoms. The second kappa shape index (κ2) is 13.4. The van der Waals surface area contributed by atoms with Crippen LogP contribution in [0.4, 0.5) is 14.9 Å². The number of fused-ring (bicyclic) bond motifs is 2. The number of nitrogens with one attached hydrogen (secondary N) is 1. The Kier molecular flexibility index (Phi) is 9.56. The average Bonchev–Trinajstić information content (AvgIpc) is 3.38. The fourth-order valence-corrected chi connectivity index (χ4v) is 5.60. The van der Waals surface area contributed by atoms with Crippen molar-refractivity contribution in [3.63, 3.8) is 0 Å². The second-order valence-corrected chi connectivity index (χ2v) is 14.4. The highest BCUT2D eigenvalue weighted by atomic mass is 32.1. The third kappa shape index (κ3) is 8.07. The standard InChI is InChI=1S/C30H32FN6O6PS/c1-7-40-27-14-34-28-20(8-16(2)9-23(28)36-27)29-37-22-10-21(31)24(11-25(22)45-29)42-17(3)18(4)43-30(38)35-19-12-32-26(33-13-19)15-41-44(5,6)39/h8-14,17-18H,7,15H2,1-6H3,(H,35,38)/t17-,18+/m0/s1. The number of carbonyl (C=O) groups excluding carboxylic acids is 1. The summed E-state index contributed by atoms with van der Waals surface area (Å²) in [5.41, 5.74) is 3.87. The molecule has 0 unspecified atom stereocenters. The minimum Gasteiger partial charge on any atom is -0.484 e. The van der Waals surface area contributed by atoms with Crippen molar-refractivity contribution in [2.75, 3.05) is 25.3 Å².